The number of hydrogen-bond donors (Lipinski definition) is 1. The van der Waals surface area contributed by atoms with Gasteiger partial charge in [-0.25, -0.2) is 0 Å². The highest BCUT2D eigenvalue weighted by Crippen LogP contribution is 2.22. The summed E-state index contributed by atoms with van der Waals surface area (Å²) < 4.78 is 1.65. The van der Waals surface area contributed by atoms with Crippen molar-refractivity contribution in [1.82, 2.24) is 14.7 Å². The lowest BCUT2D eigenvalue weighted by Crippen LogP contribution is -2.35. The monoisotopic (exact) mass is 424 g/mol. The molecule has 30 heavy (non-hydrogen) atoms. The van der Waals surface area contributed by atoms with Crippen LogP contribution in [-0.4, -0.2) is 40.1 Å². The average molecular weight is 425 g/mol. The minimum absolute atomic E-state index is 0.0543. The maximum absolute atomic E-state index is 12.7. The van der Waals surface area contributed by atoms with Gasteiger partial charge in [-0.3, -0.25) is 14.3 Å². The molecule has 0 aliphatic rings. The van der Waals surface area contributed by atoms with Crippen LogP contribution >= 0.6 is 11.6 Å². The number of benzene rings is 2. The van der Waals surface area contributed by atoms with Crippen molar-refractivity contribution in [3.8, 4) is 0 Å². The SMILES string of the molecule is Cc1cc(C)c(NC(=O)CN(C)C(=O)c2cnn(Cc3ccccc3Cl)c2)c(C)c1. The topological polar surface area (TPSA) is 67.2 Å². The molecule has 3 rings (SSSR count). The molecule has 0 saturated heterocycles. The summed E-state index contributed by atoms with van der Waals surface area (Å²) in [7, 11) is 1.60. The Morgan fingerprint density at radius 1 is 1.13 bits per heavy atom. The molecule has 6 nitrogen and oxygen atoms in total. The van der Waals surface area contributed by atoms with Gasteiger partial charge in [0.2, 0.25) is 5.91 Å². The summed E-state index contributed by atoms with van der Waals surface area (Å²) in [4.78, 5) is 26.6. The number of hydrogen-bond acceptors (Lipinski definition) is 3. The molecule has 0 spiro atoms. The number of nitrogens with zero attached hydrogens (tertiary/aromatic N) is 3. The quantitative estimate of drug-likeness (QED) is 0.644. The molecule has 3 aromatic rings. The van der Waals surface area contributed by atoms with E-state index in [1.165, 1.54) is 11.1 Å². The number of halogens is 1. The predicted octanol–water partition coefficient (Wildman–Crippen LogP) is 4.22. The molecule has 156 valence electrons. The third kappa shape index (κ3) is 5.07. The van der Waals surface area contributed by atoms with E-state index in [1.807, 2.05) is 57.2 Å². The van der Waals surface area contributed by atoms with E-state index < -0.39 is 0 Å². The number of aromatic nitrogens is 2. The molecule has 0 atom stereocenters. The zero-order valence-electron chi connectivity index (χ0n) is 17.6. The summed E-state index contributed by atoms with van der Waals surface area (Å²) in [5, 5.41) is 7.81. The van der Waals surface area contributed by atoms with Crippen LogP contribution in [0.25, 0.3) is 0 Å². The van der Waals surface area contributed by atoms with Gasteiger partial charge >= 0.3 is 0 Å². The van der Waals surface area contributed by atoms with Crippen LogP contribution in [0.2, 0.25) is 5.02 Å². The van der Waals surface area contributed by atoms with Gasteiger partial charge in [-0.15, -0.1) is 0 Å². The van der Waals surface area contributed by atoms with Crippen LogP contribution in [0.1, 0.15) is 32.6 Å². The van der Waals surface area contributed by atoms with Crippen LogP contribution in [0.5, 0.6) is 0 Å². The van der Waals surface area contributed by atoms with E-state index in [9.17, 15) is 9.59 Å². The van der Waals surface area contributed by atoms with Gasteiger partial charge in [-0.1, -0.05) is 47.5 Å². The highest BCUT2D eigenvalue weighted by atomic mass is 35.5. The van der Waals surface area contributed by atoms with Crippen molar-refractivity contribution in [1.29, 1.82) is 0 Å². The molecule has 0 bridgehead atoms. The van der Waals surface area contributed by atoms with Gasteiger partial charge in [0.15, 0.2) is 0 Å². The first kappa shape index (κ1) is 21.6. The minimum atomic E-state index is -0.270. The third-order valence-corrected chi connectivity index (χ3v) is 5.21. The van der Waals surface area contributed by atoms with E-state index in [2.05, 4.69) is 10.4 Å². The van der Waals surface area contributed by atoms with Crippen LogP contribution < -0.4 is 5.32 Å². The fraction of sp³-hybridized carbons (Fsp3) is 0.261. The molecular formula is C23H25ClN4O2. The Morgan fingerprint density at radius 2 is 1.80 bits per heavy atom. The molecule has 0 unspecified atom stereocenters. The molecule has 1 aromatic heterocycles. The highest BCUT2D eigenvalue weighted by molar-refractivity contribution is 6.31. The van der Waals surface area contributed by atoms with Crippen LogP contribution in [0, 0.1) is 20.8 Å². The first-order valence-electron chi connectivity index (χ1n) is 9.63. The molecule has 7 heteroatoms. The van der Waals surface area contributed by atoms with Gasteiger partial charge in [0.25, 0.3) is 5.91 Å². The molecule has 0 radical (unpaired) electrons. The van der Waals surface area contributed by atoms with Crippen molar-refractivity contribution in [3.63, 3.8) is 0 Å². The average Bonchev–Trinajstić information content (AvgIpc) is 3.14. The summed E-state index contributed by atoms with van der Waals surface area (Å²) in [5.41, 5.74) is 5.26. The Hall–Kier alpha value is -3.12. The van der Waals surface area contributed by atoms with Crippen molar-refractivity contribution in [2.45, 2.75) is 27.3 Å². The first-order valence-corrected chi connectivity index (χ1v) is 10.0. The second kappa shape index (κ2) is 9.13. The van der Waals surface area contributed by atoms with Crippen molar-refractivity contribution in [2.75, 3.05) is 18.9 Å². The van der Waals surface area contributed by atoms with E-state index in [1.54, 1.807) is 17.9 Å². The lowest BCUT2D eigenvalue weighted by molar-refractivity contribution is -0.116. The Kier molecular flexibility index (Phi) is 6.57. The molecule has 0 fully saturated rings. The van der Waals surface area contributed by atoms with Crippen molar-refractivity contribution < 1.29 is 9.59 Å². The standard InChI is InChI=1S/C23H25ClN4O2/c1-15-9-16(2)22(17(3)10-15)26-21(29)14-27(4)23(30)19-11-25-28(13-19)12-18-7-5-6-8-20(18)24/h5-11,13H,12,14H2,1-4H3,(H,26,29). The van der Waals surface area contributed by atoms with Crippen LogP contribution in [-0.2, 0) is 11.3 Å². The van der Waals surface area contributed by atoms with Crippen LogP contribution in [0.15, 0.2) is 48.8 Å². The number of aryl methyl sites for hydroxylation is 3. The molecule has 0 aliphatic heterocycles. The lowest BCUT2D eigenvalue weighted by atomic mass is 10.1. The number of carbonyl (C=O) groups excluding carboxylic acids is 2. The maximum Gasteiger partial charge on any atom is 0.257 e. The smallest absolute Gasteiger partial charge is 0.257 e. The van der Waals surface area contributed by atoms with Crippen LogP contribution in [0.4, 0.5) is 5.69 Å². The summed E-state index contributed by atoms with van der Waals surface area (Å²) >= 11 is 6.19. The van der Waals surface area contributed by atoms with Crippen LogP contribution in [0.3, 0.4) is 0 Å². The molecule has 1 heterocycles. The van der Waals surface area contributed by atoms with Crippen molar-refractivity contribution in [2.24, 2.45) is 0 Å². The molecule has 0 aliphatic carbocycles. The maximum atomic E-state index is 12.7. The Morgan fingerprint density at radius 3 is 2.47 bits per heavy atom. The van der Waals surface area contributed by atoms with E-state index >= 15 is 0 Å². The van der Waals surface area contributed by atoms with Gasteiger partial charge in [-0.2, -0.15) is 5.10 Å². The highest BCUT2D eigenvalue weighted by Gasteiger charge is 2.18. The molecule has 0 saturated carbocycles. The fourth-order valence-corrected chi connectivity index (χ4v) is 3.62. The van der Waals surface area contributed by atoms with Gasteiger partial charge in [-0.05, 0) is 43.5 Å². The number of nitrogens with one attached hydrogen (secondary N) is 1. The predicted molar refractivity (Wildman–Crippen MR) is 119 cm³/mol. The first-order chi connectivity index (χ1) is 14.2. The number of rotatable bonds is 6. The van der Waals surface area contributed by atoms with E-state index in [0.29, 0.717) is 17.1 Å². The second-order valence-corrected chi connectivity index (χ2v) is 7.91. The zero-order chi connectivity index (χ0) is 21.8. The van der Waals surface area contributed by atoms with Gasteiger partial charge < -0.3 is 10.2 Å². The molecule has 2 aromatic carbocycles. The summed E-state index contributed by atoms with van der Waals surface area (Å²) in [6.07, 6.45) is 3.16. The summed E-state index contributed by atoms with van der Waals surface area (Å²) in [6.45, 7) is 6.34. The molecular weight excluding hydrogens is 400 g/mol. The van der Waals surface area contributed by atoms with E-state index in [4.69, 9.17) is 11.6 Å². The second-order valence-electron chi connectivity index (χ2n) is 7.50. The van der Waals surface area contributed by atoms with Gasteiger partial charge in [0.05, 0.1) is 24.8 Å². The van der Waals surface area contributed by atoms with Crippen molar-refractivity contribution >= 4 is 29.1 Å². The van der Waals surface area contributed by atoms with Gasteiger partial charge in [0, 0.05) is 24.0 Å². The Bertz CT molecular complexity index is 1070. The van der Waals surface area contributed by atoms with E-state index in [-0.39, 0.29) is 18.4 Å². The van der Waals surface area contributed by atoms with E-state index in [0.717, 1.165) is 27.9 Å². The Labute approximate surface area is 181 Å². The number of anilines is 1. The Balaban J connectivity index is 1.63. The minimum Gasteiger partial charge on any atom is -0.332 e. The number of amides is 2. The summed E-state index contributed by atoms with van der Waals surface area (Å²) in [6, 6.07) is 11.5. The van der Waals surface area contributed by atoms with Crippen molar-refractivity contribution in [3.05, 3.63) is 81.6 Å². The summed E-state index contributed by atoms with van der Waals surface area (Å²) in [5.74, 6) is -0.516. The third-order valence-electron chi connectivity index (χ3n) is 4.84. The number of carbonyl (C=O) groups is 2. The lowest BCUT2D eigenvalue weighted by Gasteiger charge is -2.18. The van der Waals surface area contributed by atoms with Gasteiger partial charge in [0.1, 0.15) is 0 Å². The molecule has 2 amide bonds. The number of likely N-dealkylation sites (N-methyl/N-ethyl adjacent to an activating group) is 1. The largest absolute Gasteiger partial charge is 0.332 e. The zero-order valence-corrected chi connectivity index (χ0v) is 18.3. The fourth-order valence-electron chi connectivity index (χ4n) is 3.43. The normalized spacial score (nSPS) is 10.7. The molecule has 1 N–H and O–H groups in total.